The summed E-state index contributed by atoms with van der Waals surface area (Å²) >= 11 is 5.88. The normalized spacial score (nSPS) is 17.6. The molecule has 106 valence electrons. The Morgan fingerprint density at radius 2 is 2.40 bits per heavy atom. The second kappa shape index (κ2) is 6.67. The van der Waals surface area contributed by atoms with E-state index in [1.165, 1.54) is 23.5 Å². The number of thioether (sulfide) groups is 1. The van der Waals surface area contributed by atoms with Crippen LogP contribution in [0.3, 0.4) is 0 Å². The van der Waals surface area contributed by atoms with Gasteiger partial charge in [0.15, 0.2) is 0 Å². The second-order valence-corrected chi connectivity index (χ2v) is 5.59. The third kappa shape index (κ3) is 3.45. The van der Waals surface area contributed by atoms with Crippen LogP contribution in [0.25, 0.3) is 0 Å². The van der Waals surface area contributed by atoms with E-state index in [9.17, 15) is 9.59 Å². The summed E-state index contributed by atoms with van der Waals surface area (Å²) in [5.74, 6) is 1.07. The summed E-state index contributed by atoms with van der Waals surface area (Å²) < 4.78 is 0. The number of amides is 1. The zero-order valence-electron chi connectivity index (χ0n) is 10.8. The van der Waals surface area contributed by atoms with Gasteiger partial charge in [-0.05, 0) is 25.0 Å². The Labute approximate surface area is 126 Å². The molecule has 3 N–H and O–H groups in total. The second-order valence-electron chi connectivity index (χ2n) is 4.26. The van der Waals surface area contributed by atoms with Gasteiger partial charge < -0.3 is 5.32 Å². The first-order chi connectivity index (χ1) is 9.61. The first-order valence-corrected chi connectivity index (χ1v) is 7.47. The van der Waals surface area contributed by atoms with E-state index < -0.39 is 0 Å². The number of hydrogen-bond acceptors (Lipinski definition) is 6. The van der Waals surface area contributed by atoms with Crippen molar-refractivity contribution < 1.29 is 9.59 Å². The van der Waals surface area contributed by atoms with Gasteiger partial charge in [-0.2, -0.15) is 0 Å². The van der Waals surface area contributed by atoms with E-state index in [0.29, 0.717) is 17.8 Å². The zero-order valence-corrected chi connectivity index (χ0v) is 12.4. The molecule has 1 fully saturated rings. The Bertz CT molecular complexity index is 550. The smallest absolute Gasteiger partial charge is 0.253 e. The highest BCUT2D eigenvalue weighted by molar-refractivity contribution is 8.14. The molecular weight excluding hydrogens is 296 g/mol. The molecule has 1 saturated heterocycles. The number of thiocarbonyl (C=S) groups is 1. The molecule has 0 spiro atoms. The summed E-state index contributed by atoms with van der Waals surface area (Å²) in [5, 5.41) is 2.75. The van der Waals surface area contributed by atoms with E-state index >= 15 is 0 Å². The van der Waals surface area contributed by atoms with Crippen molar-refractivity contribution in [3.8, 4) is 0 Å². The fourth-order valence-corrected chi connectivity index (χ4v) is 2.79. The minimum absolute atomic E-state index is 0.0199. The maximum absolute atomic E-state index is 12.1. The monoisotopic (exact) mass is 310 g/mol. The summed E-state index contributed by atoms with van der Waals surface area (Å²) in [4.78, 5) is 27.7. The summed E-state index contributed by atoms with van der Waals surface area (Å²) in [6.45, 7) is 1.83. The van der Waals surface area contributed by atoms with Crippen LogP contribution in [0.4, 0.5) is 5.82 Å². The van der Waals surface area contributed by atoms with Crippen LogP contribution in [0.15, 0.2) is 12.3 Å². The van der Waals surface area contributed by atoms with Crippen LogP contribution in [-0.4, -0.2) is 33.3 Å². The number of carbonyl (C=O) groups excluding carboxylic acids is 2. The Morgan fingerprint density at radius 1 is 1.60 bits per heavy atom. The molecule has 0 aliphatic carbocycles. The SMILES string of the molecule is Cc1cc(C(=O)NC2CCSC2=O)cnc1NNC=S. The largest absolute Gasteiger partial charge is 0.341 e. The van der Waals surface area contributed by atoms with Gasteiger partial charge in [-0.1, -0.05) is 24.0 Å². The number of rotatable bonds is 5. The van der Waals surface area contributed by atoms with E-state index in [-0.39, 0.29) is 17.1 Å². The van der Waals surface area contributed by atoms with E-state index in [0.717, 1.165) is 11.3 Å². The van der Waals surface area contributed by atoms with Crippen molar-refractivity contribution in [3.05, 3.63) is 23.4 Å². The summed E-state index contributed by atoms with van der Waals surface area (Å²) in [6, 6.07) is 1.32. The fraction of sp³-hybridized carbons (Fsp3) is 0.333. The third-order valence-corrected chi connectivity index (χ3v) is 3.96. The fourth-order valence-electron chi connectivity index (χ4n) is 1.80. The van der Waals surface area contributed by atoms with E-state index in [4.69, 9.17) is 0 Å². The predicted octanol–water partition coefficient (Wildman–Crippen LogP) is 1.03. The minimum atomic E-state index is -0.387. The quantitative estimate of drug-likeness (QED) is 0.553. The van der Waals surface area contributed by atoms with Crippen LogP contribution < -0.4 is 16.2 Å². The summed E-state index contributed by atoms with van der Waals surface area (Å²) in [5.41, 5.74) is 8.00. The average Bonchev–Trinajstić information content (AvgIpc) is 2.83. The standard InChI is InChI=1S/C12H14N4O2S2/c1-7-4-8(5-13-10(7)16-14-6-19)11(17)15-9-2-3-20-12(9)18/h4-6,9H,2-3H2,1H3,(H,13,16)(H,14,19)(H,15,17). The molecular formula is C12H14N4O2S2. The number of carbonyl (C=O) groups is 2. The molecule has 1 aromatic rings. The minimum Gasteiger partial charge on any atom is -0.341 e. The zero-order chi connectivity index (χ0) is 14.5. The molecule has 1 aliphatic heterocycles. The van der Waals surface area contributed by atoms with Gasteiger partial charge in [-0.25, -0.2) is 4.98 Å². The van der Waals surface area contributed by atoms with Gasteiger partial charge in [0, 0.05) is 11.9 Å². The molecule has 0 bridgehead atoms. The van der Waals surface area contributed by atoms with Crippen molar-refractivity contribution in [1.82, 2.24) is 15.7 Å². The number of hydrogen-bond donors (Lipinski definition) is 3. The topological polar surface area (TPSA) is 83.1 Å². The number of aromatic nitrogens is 1. The van der Waals surface area contributed by atoms with Gasteiger partial charge in [0.1, 0.15) is 5.82 Å². The Balaban J connectivity index is 2.04. The Morgan fingerprint density at radius 3 is 3.00 bits per heavy atom. The lowest BCUT2D eigenvalue weighted by Crippen LogP contribution is -2.37. The first-order valence-electron chi connectivity index (χ1n) is 6.01. The number of aryl methyl sites for hydroxylation is 1. The van der Waals surface area contributed by atoms with Gasteiger partial charge in [0.05, 0.1) is 17.1 Å². The number of anilines is 1. The predicted molar refractivity (Wildman–Crippen MR) is 82.7 cm³/mol. The Kier molecular flexibility index (Phi) is 4.91. The summed E-state index contributed by atoms with van der Waals surface area (Å²) in [7, 11) is 0. The maximum atomic E-state index is 12.1. The highest BCUT2D eigenvalue weighted by Gasteiger charge is 2.27. The van der Waals surface area contributed by atoms with Crippen LogP contribution in [0.2, 0.25) is 0 Å². The van der Waals surface area contributed by atoms with Gasteiger partial charge >= 0.3 is 0 Å². The van der Waals surface area contributed by atoms with Crippen molar-refractivity contribution in [1.29, 1.82) is 0 Å². The lowest BCUT2D eigenvalue weighted by molar-refractivity contribution is -0.112. The molecule has 1 aromatic heterocycles. The van der Waals surface area contributed by atoms with Gasteiger partial charge in [-0.15, -0.1) is 0 Å². The number of hydrazine groups is 1. The lowest BCUT2D eigenvalue weighted by atomic mass is 10.1. The highest BCUT2D eigenvalue weighted by Crippen LogP contribution is 2.20. The number of nitrogens with zero attached hydrogens (tertiary/aromatic N) is 1. The van der Waals surface area contributed by atoms with Crippen LogP contribution in [0, 0.1) is 6.92 Å². The van der Waals surface area contributed by atoms with Gasteiger partial charge in [-0.3, -0.25) is 20.4 Å². The van der Waals surface area contributed by atoms with Crippen LogP contribution in [-0.2, 0) is 4.79 Å². The van der Waals surface area contributed by atoms with Crippen molar-refractivity contribution in [2.24, 2.45) is 0 Å². The Hall–Kier alpha value is -1.67. The summed E-state index contributed by atoms with van der Waals surface area (Å²) in [6.07, 6.45) is 2.14. The molecule has 0 aromatic carbocycles. The molecule has 0 saturated carbocycles. The molecule has 20 heavy (non-hydrogen) atoms. The number of nitrogens with one attached hydrogen (secondary N) is 3. The van der Waals surface area contributed by atoms with Gasteiger partial charge in [0.2, 0.25) is 5.12 Å². The lowest BCUT2D eigenvalue weighted by Gasteiger charge is -2.12. The maximum Gasteiger partial charge on any atom is 0.253 e. The van der Waals surface area contributed by atoms with Crippen molar-refractivity contribution >= 4 is 46.3 Å². The molecule has 2 heterocycles. The molecule has 0 radical (unpaired) electrons. The van der Waals surface area contributed by atoms with E-state index in [1.807, 2.05) is 6.92 Å². The van der Waals surface area contributed by atoms with Crippen molar-refractivity contribution in [3.63, 3.8) is 0 Å². The highest BCUT2D eigenvalue weighted by atomic mass is 32.2. The van der Waals surface area contributed by atoms with E-state index in [2.05, 4.69) is 33.4 Å². The third-order valence-electron chi connectivity index (χ3n) is 2.83. The molecule has 8 heteroatoms. The van der Waals surface area contributed by atoms with Crippen LogP contribution >= 0.6 is 24.0 Å². The molecule has 1 unspecified atom stereocenters. The van der Waals surface area contributed by atoms with Crippen molar-refractivity contribution in [2.75, 3.05) is 11.2 Å². The van der Waals surface area contributed by atoms with Crippen LogP contribution in [0.5, 0.6) is 0 Å². The first kappa shape index (κ1) is 14.7. The van der Waals surface area contributed by atoms with Crippen molar-refractivity contribution in [2.45, 2.75) is 19.4 Å². The molecule has 2 rings (SSSR count). The van der Waals surface area contributed by atoms with Crippen LogP contribution in [0.1, 0.15) is 22.3 Å². The average molecular weight is 310 g/mol. The molecule has 6 nitrogen and oxygen atoms in total. The van der Waals surface area contributed by atoms with Gasteiger partial charge in [0.25, 0.3) is 5.91 Å². The molecule has 1 atom stereocenters. The number of pyridine rings is 1. The molecule has 1 amide bonds. The van der Waals surface area contributed by atoms with E-state index in [1.54, 1.807) is 6.07 Å². The molecule has 1 aliphatic rings.